The first kappa shape index (κ1) is 22.6. The molecule has 0 aliphatic heterocycles. The molecule has 0 spiro atoms. The van der Waals surface area contributed by atoms with Crippen LogP contribution in [0, 0.1) is 5.82 Å². The Labute approximate surface area is 175 Å². The summed E-state index contributed by atoms with van der Waals surface area (Å²) in [5, 5.41) is 3.22. The van der Waals surface area contributed by atoms with Crippen molar-refractivity contribution in [1.82, 2.24) is 9.80 Å². The van der Waals surface area contributed by atoms with Gasteiger partial charge in [0.1, 0.15) is 11.6 Å². The molecule has 156 valence electrons. The molecule has 29 heavy (non-hydrogen) atoms. The Kier molecular flexibility index (Phi) is 7.99. The molecule has 0 heterocycles. The third kappa shape index (κ3) is 6.44. The zero-order chi connectivity index (χ0) is 21.6. The van der Waals surface area contributed by atoms with Gasteiger partial charge in [-0.1, -0.05) is 23.7 Å². The Balaban J connectivity index is 1.95. The van der Waals surface area contributed by atoms with Gasteiger partial charge in [0.15, 0.2) is 0 Å². The van der Waals surface area contributed by atoms with Crippen molar-refractivity contribution in [3.63, 3.8) is 0 Å². The molecule has 8 heteroatoms. The van der Waals surface area contributed by atoms with Crippen LogP contribution < -0.4 is 10.1 Å². The second-order valence-electron chi connectivity index (χ2n) is 6.81. The predicted molar refractivity (Wildman–Crippen MR) is 112 cm³/mol. The summed E-state index contributed by atoms with van der Waals surface area (Å²) in [7, 11) is 4.84. The molecule has 2 amide bonds. The van der Waals surface area contributed by atoms with Gasteiger partial charge in [0.05, 0.1) is 25.4 Å². The zero-order valence-corrected chi connectivity index (χ0v) is 17.7. The molecular weight excluding hydrogens is 397 g/mol. The van der Waals surface area contributed by atoms with Crippen LogP contribution in [-0.2, 0) is 16.1 Å². The molecule has 6 nitrogen and oxygen atoms in total. The van der Waals surface area contributed by atoms with Gasteiger partial charge in [-0.3, -0.25) is 14.5 Å². The Bertz CT molecular complexity index is 878. The van der Waals surface area contributed by atoms with Gasteiger partial charge in [0, 0.05) is 18.6 Å². The maximum absolute atomic E-state index is 13.3. The van der Waals surface area contributed by atoms with Gasteiger partial charge in [-0.2, -0.15) is 0 Å². The summed E-state index contributed by atoms with van der Waals surface area (Å²) in [5.41, 5.74) is 1.15. The summed E-state index contributed by atoms with van der Waals surface area (Å²) in [6.07, 6.45) is 0. The van der Waals surface area contributed by atoms with Crippen LogP contribution >= 0.6 is 11.6 Å². The highest BCUT2D eigenvalue weighted by Gasteiger charge is 2.23. The highest BCUT2D eigenvalue weighted by atomic mass is 35.5. The quantitative estimate of drug-likeness (QED) is 0.709. The van der Waals surface area contributed by atoms with Crippen LogP contribution in [0.1, 0.15) is 12.5 Å². The molecule has 0 aromatic heterocycles. The molecular formula is C21H25ClFN3O3. The summed E-state index contributed by atoms with van der Waals surface area (Å²) in [6.45, 7) is 1.99. The smallest absolute Gasteiger partial charge is 0.239 e. The van der Waals surface area contributed by atoms with E-state index in [1.165, 1.54) is 24.1 Å². The van der Waals surface area contributed by atoms with Gasteiger partial charge in [-0.05, 0) is 49.9 Å². The Hall–Kier alpha value is -2.64. The third-order valence-corrected chi connectivity index (χ3v) is 4.77. The molecule has 2 aromatic rings. The number of nitrogens with zero attached hydrogens (tertiary/aromatic N) is 2. The van der Waals surface area contributed by atoms with Crippen molar-refractivity contribution in [3.8, 4) is 5.75 Å². The average Bonchev–Trinajstić information content (AvgIpc) is 2.66. The van der Waals surface area contributed by atoms with Crippen LogP contribution in [-0.4, -0.2) is 55.4 Å². The lowest BCUT2D eigenvalue weighted by molar-refractivity contribution is -0.135. The predicted octanol–water partition coefficient (Wildman–Crippen LogP) is 3.41. The fourth-order valence-electron chi connectivity index (χ4n) is 2.83. The number of benzene rings is 2. The van der Waals surface area contributed by atoms with E-state index < -0.39 is 6.04 Å². The van der Waals surface area contributed by atoms with Gasteiger partial charge in [-0.15, -0.1) is 0 Å². The minimum atomic E-state index is -0.541. The molecule has 1 N–H and O–H groups in total. The average molecular weight is 422 g/mol. The highest BCUT2D eigenvalue weighted by Crippen LogP contribution is 2.27. The summed E-state index contributed by atoms with van der Waals surface area (Å²) < 4.78 is 18.5. The molecule has 0 fully saturated rings. The van der Waals surface area contributed by atoms with Gasteiger partial charge in [-0.25, -0.2) is 4.39 Å². The Morgan fingerprint density at radius 3 is 2.59 bits per heavy atom. The van der Waals surface area contributed by atoms with Gasteiger partial charge < -0.3 is 15.0 Å². The van der Waals surface area contributed by atoms with Crippen LogP contribution in [0.2, 0.25) is 5.02 Å². The van der Waals surface area contributed by atoms with Crippen LogP contribution in [0.15, 0.2) is 42.5 Å². The lowest BCUT2D eigenvalue weighted by atomic mass is 10.2. The lowest BCUT2D eigenvalue weighted by Gasteiger charge is -2.28. The molecule has 0 aliphatic carbocycles. The number of anilines is 1. The first-order valence-corrected chi connectivity index (χ1v) is 9.42. The van der Waals surface area contributed by atoms with Crippen LogP contribution in [0.4, 0.5) is 10.1 Å². The number of likely N-dealkylation sites (N-methyl/N-ethyl adjacent to an activating group) is 2. The van der Waals surface area contributed by atoms with E-state index in [4.69, 9.17) is 16.3 Å². The normalized spacial score (nSPS) is 11.8. The van der Waals surface area contributed by atoms with Crippen LogP contribution in [0.5, 0.6) is 5.75 Å². The van der Waals surface area contributed by atoms with Crippen molar-refractivity contribution in [3.05, 3.63) is 58.9 Å². The summed E-state index contributed by atoms with van der Waals surface area (Å²) in [6, 6.07) is 10.5. The number of carbonyl (C=O) groups is 2. The minimum Gasteiger partial charge on any atom is -0.495 e. The number of amides is 2. The number of nitrogens with one attached hydrogen (secondary N) is 1. The van der Waals surface area contributed by atoms with E-state index in [1.54, 1.807) is 56.3 Å². The van der Waals surface area contributed by atoms with Crippen molar-refractivity contribution in [1.29, 1.82) is 0 Å². The molecule has 2 aromatic carbocycles. The van der Waals surface area contributed by atoms with E-state index in [0.717, 1.165) is 0 Å². The molecule has 0 aliphatic rings. The fourth-order valence-corrected chi connectivity index (χ4v) is 3.00. The van der Waals surface area contributed by atoms with E-state index in [1.807, 2.05) is 0 Å². The SMILES string of the molecule is COc1ccc(Cl)cc1NC(=O)CN(C)[C@H](C)C(=O)N(C)Cc1cccc(F)c1. The number of hydrogen-bond acceptors (Lipinski definition) is 4. The first-order chi connectivity index (χ1) is 13.7. The third-order valence-electron chi connectivity index (χ3n) is 4.53. The number of ether oxygens (including phenoxy) is 1. The number of hydrogen-bond donors (Lipinski definition) is 1. The van der Waals surface area contributed by atoms with Crippen molar-refractivity contribution >= 4 is 29.1 Å². The van der Waals surface area contributed by atoms with Crippen molar-refractivity contribution in [2.75, 3.05) is 33.1 Å². The van der Waals surface area contributed by atoms with Crippen molar-refractivity contribution < 1.29 is 18.7 Å². The topological polar surface area (TPSA) is 61.9 Å². The number of carbonyl (C=O) groups excluding carboxylic acids is 2. The van der Waals surface area contributed by atoms with E-state index in [0.29, 0.717) is 22.0 Å². The van der Waals surface area contributed by atoms with E-state index in [-0.39, 0.29) is 30.7 Å². The van der Waals surface area contributed by atoms with Crippen LogP contribution in [0.3, 0.4) is 0 Å². The van der Waals surface area contributed by atoms with Gasteiger partial charge in [0.25, 0.3) is 0 Å². The summed E-state index contributed by atoms with van der Waals surface area (Å²) >= 11 is 5.98. The highest BCUT2D eigenvalue weighted by molar-refractivity contribution is 6.31. The molecule has 0 unspecified atom stereocenters. The standard InChI is InChI=1S/C21H25ClFN3O3/c1-14(21(28)26(3)12-15-6-5-7-17(23)10-15)25(2)13-20(27)24-18-11-16(22)8-9-19(18)29-4/h5-11,14H,12-13H2,1-4H3,(H,24,27)/t14-/m1/s1. The maximum atomic E-state index is 13.3. The number of methoxy groups -OCH3 is 1. The molecule has 0 saturated carbocycles. The largest absolute Gasteiger partial charge is 0.495 e. The molecule has 2 rings (SSSR count). The fraction of sp³-hybridized carbons (Fsp3) is 0.333. The summed E-state index contributed by atoms with van der Waals surface area (Å²) in [5.74, 6) is -0.337. The minimum absolute atomic E-state index is 0.00359. The van der Waals surface area contributed by atoms with E-state index >= 15 is 0 Å². The molecule has 1 atom stereocenters. The first-order valence-electron chi connectivity index (χ1n) is 9.04. The summed E-state index contributed by atoms with van der Waals surface area (Å²) in [4.78, 5) is 28.2. The zero-order valence-electron chi connectivity index (χ0n) is 16.9. The monoisotopic (exact) mass is 421 g/mol. The van der Waals surface area contributed by atoms with E-state index in [2.05, 4.69) is 5.32 Å². The Morgan fingerprint density at radius 1 is 1.21 bits per heavy atom. The van der Waals surface area contributed by atoms with Crippen molar-refractivity contribution in [2.24, 2.45) is 0 Å². The second-order valence-corrected chi connectivity index (χ2v) is 7.24. The molecule has 0 radical (unpaired) electrons. The van der Waals surface area contributed by atoms with Crippen molar-refractivity contribution in [2.45, 2.75) is 19.5 Å². The molecule has 0 bridgehead atoms. The maximum Gasteiger partial charge on any atom is 0.239 e. The van der Waals surface area contributed by atoms with E-state index in [9.17, 15) is 14.0 Å². The van der Waals surface area contributed by atoms with Gasteiger partial charge in [0.2, 0.25) is 11.8 Å². The van der Waals surface area contributed by atoms with Gasteiger partial charge >= 0.3 is 0 Å². The second kappa shape index (κ2) is 10.2. The molecule has 0 saturated heterocycles. The Morgan fingerprint density at radius 2 is 1.93 bits per heavy atom. The number of rotatable bonds is 8. The number of halogens is 2. The van der Waals surface area contributed by atoms with Crippen LogP contribution in [0.25, 0.3) is 0 Å². The lowest BCUT2D eigenvalue weighted by Crippen LogP contribution is -2.46.